The van der Waals surface area contributed by atoms with Crippen LogP contribution in [0.1, 0.15) is 5.82 Å². The molecule has 0 aliphatic rings. The van der Waals surface area contributed by atoms with E-state index in [0.29, 0.717) is 24.3 Å². The predicted octanol–water partition coefficient (Wildman–Crippen LogP) is -0.0504. The van der Waals surface area contributed by atoms with Crippen LogP contribution < -0.4 is 15.8 Å². The highest BCUT2D eigenvalue weighted by Gasteiger charge is 2.12. The molecule has 0 radical (unpaired) electrons. The van der Waals surface area contributed by atoms with Crippen LogP contribution in [0.4, 0.5) is 11.4 Å². The van der Waals surface area contributed by atoms with Gasteiger partial charge in [-0.2, -0.15) is 5.10 Å². The van der Waals surface area contributed by atoms with Crippen LogP contribution in [-0.4, -0.2) is 37.2 Å². The molecule has 0 bridgehead atoms. The van der Waals surface area contributed by atoms with Crippen LogP contribution in [0.5, 0.6) is 0 Å². The zero-order valence-corrected chi connectivity index (χ0v) is 11.7. The first-order chi connectivity index (χ1) is 9.53. The van der Waals surface area contributed by atoms with Crippen LogP contribution in [0.15, 0.2) is 29.4 Å². The highest BCUT2D eigenvalue weighted by Crippen LogP contribution is 2.22. The summed E-state index contributed by atoms with van der Waals surface area (Å²) in [5.74, 6) is 0.769. The first-order valence-electron chi connectivity index (χ1n) is 5.94. The topological polar surface area (TPSA) is 126 Å². The molecule has 0 atom stereocenters. The van der Waals surface area contributed by atoms with Crippen molar-refractivity contribution in [1.29, 1.82) is 0 Å². The Balaban J connectivity index is 2.03. The summed E-state index contributed by atoms with van der Waals surface area (Å²) in [6.45, 7) is 0.609. The van der Waals surface area contributed by atoms with Crippen molar-refractivity contribution < 1.29 is 8.42 Å². The number of sulfonamides is 1. The number of nitrogens with zero attached hydrogens (tertiary/aromatic N) is 2. The molecule has 0 fully saturated rings. The monoisotopic (exact) mass is 296 g/mol. The van der Waals surface area contributed by atoms with Gasteiger partial charge < -0.3 is 11.1 Å². The third-order valence-electron chi connectivity index (χ3n) is 2.74. The van der Waals surface area contributed by atoms with Crippen LogP contribution in [0.2, 0.25) is 0 Å². The predicted molar refractivity (Wildman–Crippen MR) is 75.7 cm³/mol. The number of aromatic amines is 1. The molecular formula is C11H16N6O2S. The number of nitrogen functional groups attached to an aromatic ring is 1. The third kappa shape index (κ3) is 3.25. The minimum Gasteiger partial charge on any atom is -0.397 e. The lowest BCUT2D eigenvalue weighted by Crippen LogP contribution is -2.19. The van der Waals surface area contributed by atoms with Crippen LogP contribution in [-0.2, 0) is 16.4 Å². The summed E-state index contributed by atoms with van der Waals surface area (Å²) in [5.41, 5.74) is 6.90. The Morgan fingerprint density at radius 3 is 2.80 bits per heavy atom. The van der Waals surface area contributed by atoms with E-state index >= 15 is 0 Å². The molecule has 2 aromatic rings. The molecule has 0 aliphatic heterocycles. The second kappa shape index (κ2) is 5.88. The Labute approximate surface area is 116 Å². The van der Waals surface area contributed by atoms with E-state index in [1.54, 1.807) is 6.07 Å². The highest BCUT2D eigenvalue weighted by molar-refractivity contribution is 7.89. The third-order valence-corrected chi connectivity index (χ3v) is 4.16. The van der Waals surface area contributed by atoms with Gasteiger partial charge in [0.05, 0.1) is 16.3 Å². The van der Waals surface area contributed by atoms with E-state index in [1.165, 1.54) is 25.5 Å². The maximum atomic E-state index is 11.6. The number of aromatic nitrogens is 3. The number of H-pyrrole nitrogens is 1. The fourth-order valence-corrected chi connectivity index (χ4v) is 2.42. The number of anilines is 2. The average molecular weight is 296 g/mol. The van der Waals surface area contributed by atoms with Gasteiger partial charge in [0.2, 0.25) is 10.0 Å². The minimum atomic E-state index is -3.47. The van der Waals surface area contributed by atoms with Gasteiger partial charge in [-0.25, -0.2) is 18.1 Å². The Kier molecular flexibility index (Phi) is 4.20. The Morgan fingerprint density at radius 1 is 1.40 bits per heavy atom. The van der Waals surface area contributed by atoms with Crippen LogP contribution in [0, 0.1) is 0 Å². The molecule has 8 nitrogen and oxygen atoms in total. The lowest BCUT2D eigenvalue weighted by atomic mass is 10.2. The highest BCUT2D eigenvalue weighted by atomic mass is 32.2. The van der Waals surface area contributed by atoms with Crippen LogP contribution in [0.25, 0.3) is 0 Å². The quantitative estimate of drug-likeness (QED) is 0.554. The molecule has 0 aliphatic carbocycles. The molecule has 5 N–H and O–H groups in total. The molecule has 1 aromatic carbocycles. The Hall–Kier alpha value is -2.13. The van der Waals surface area contributed by atoms with Crippen molar-refractivity contribution in [3.63, 3.8) is 0 Å². The van der Waals surface area contributed by atoms with Crippen molar-refractivity contribution in [2.75, 3.05) is 24.6 Å². The smallest absolute Gasteiger partial charge is 0.240 e. The number of benzene rings is 1. The Morgan fingerprint density at radius 2 is 2.20 bits per heavy atom. The minimum absolute atomic E-state index is 0.137. The number of hydrogen-bond acceptors (Lipinski definition) is 6. The summed E-state index contributed by atoms with van der Waals surface area (Å²) in [4.78, 5) is 4.14. The van der Waals surface area contributed by atoms with Gasteiger partial charge in [0.15, 0.2) is 0 Å². The number of rotatable bonds is 6. The van der Waals surface area contributed by atoms with Crippen molar-refractivity contribution in [3.05, 3.63) is 30.4 Å². The van der Waals surface area contributed by atoms with E-state index in [0.717, 1.165) is 5.82 Å². The molecule has 0 unspecified atom stereocenters. The first kappa shape index (κ1) is 14.3. The lowest BCUT2D eigenvalue weighted by molar-refractivity contribution is 0.588. The van der Waals surface area contributed by atoms with Crippen molar-refractivity contribution >= 4 is 21.4 Å². The molecule has 108 valence electrons. The van der Waals surface area contributed by atoms with E-state index in [4.69, 9.17) is 5.73 Å². The normalized spacial score (nSPS) is 11.4. The van der Waals surface area contributed by atoms with Crippen molar-refractivity contribution in [1.82, 2.24) is 19.9 Å². The largest absolute Gasteiger partial charge is 0.397 e. The van der Waals surface area contributed by atoms with E-state index in [1.807, 2.05) is 0 Å². The zero-order valence-electron chi connectivity index (χ0n) is 10.9. The molecule has 0 saturated heterocycles. The van der Waals surface area contributed by atoms with E-state index in [2.05, 4.69) is 25.2 Å². The second-order valence-electron chi connectivity index (χ2n) is 4.07. The number of nitrogens with two attached hydrogens (primary N) is 1. The molecule has 9 heteroatoms. The summed E-state index contributed by atoms with van der Waals surface area (Å²) >= 11 is 0. The summed E-state index contributed by atoms with van der Waals surface area (Å²) < 4.78 is 25.5. The first-order valence-corrected chi connectivity index (χ1v) is 7.42. The maximum absolute atomic E-state index is 11.6. The summed E-state index contributed by atoms with van der Waals surface area (Å²) in [6.07, 6.45) is 2.11. The Bertz CT molecular complexity index is 668. The van der Waals surface area contributed by atoms with Gasteiger partial charge in [-0.15, -0.1) is 0 Å². The average Bonchev–Trinajstić information content (AvgIpc) is 2.93. The summed E-state index contributed by atoms with van der Waals surface area (Å²) in [6, 6.07) is 4.56. The molecular weight excluding hydrogens is 280 g/mol. The standard InChI is InChI=1S/C11H16N6O2S/c1-13-20(18,19)8-2-3-10(9(12)6-8)14-5-4-11-15-7-16-17-11/h2-3,6-7,13-14H,4-5,12H2,1H3,(H,15,16,17). The van der Waals surface area contributed by atoms with Gasteiger partial charge in [0, 0.05) is 13.0 Å². The van der Waals surface area contributed by atoms with Gasteiger partial charge in [0.25, 0.3) is 0 Å². The summed E-state index contributed by atoms with van der Waals surface area (Å²) in [7, 11) is -2.12. The molecule has 0 spiro atoms. The second-order valence-corrected chi connectivity index (χ2v) is 5.95. The fourth-order valence-electron chi connectivity index (χ4n) is 1.65. The lowest BCUT2D eigenvalue weighted by Gasteiger charge is -2.10. The van der Waals surface area contributed by atoms with Gasteiger partial charge >= 0.3 is 0 Å². The summed E-state index contributed by atoms with van der Waals surface area (Å²) in [5, 5.41) is 9.63. The number of nitrogens with one attached hydrogen (secondary N) is 3. The molecule has 20 heavy (non-hydrogen) atoms. The van der Waals surface area contributed by atoms with E-state index < -0.39 is 10.0 Å². The van der Waals surface area contributed by atoms with Gasteiger partial charge in [-0.05, 0) is 25.2 Å². The molecule has 2 rings (SSSR count). The SMILES string of the molecule is CNS(=O)(=O)c1ccc(NCCc2ncn[nH]2)c(N)c1. The van der Waals surface area contributed by atoms with Gasteiger partial charge in [-0.1, -0.05) is 0 Å². The van der Waals surface area contributed by atoms with Crippen LogP contribution in [0.3, 0.4) is 0 Å². The maximum Gasteiger partial charge on any atom is 0.240 e. The molecule has 1 aromatic heterocycles. The van der Waals surface area contributed by atoms with Crippen molar-refractivity contribution in [3.8, 4) is 0 Å². The van der Waals surface area contributed by atoms with Crippen molar-refractivity contribution in [2.45, 2.75) is 11.3 Å². The molecule has 0 amide bonds. The van der Waals surface area contributed by atoms with Gasteiger partial charge in [0.1, 0.15) is 12.2 Å². The van der Waals surface area contributed by atoms with E-state index in [-0.39, 0.29) is 4.90 Å². The van der Waals surface area contributed by atoms with Crippen LogP contribution >= 0.6 is 0 Å². The zero-order chi connectivity index (χ0) is 14.6. The number of hydrogen-bond donors (Lipinski definition) is 4. The van der Waals surface area contributed by atoms with Gasteiger partial charge in [-0.3, -0.25) is 5.10 Å². The molecule has 1 heterocycles. The van der Waals surface area contributed by atoms with Crippen molar-refractivity contribution in [2.24, 2.45) is 0 Å². The fraction of sp³-hybridized carbons (Fsp3) is 0.273. The molecule has 0 saturated carbocycles. The van der Waals surface area contributed by atoms with E-state index in [9.17, 15) is 8.42 Å².